The number of hydrogen-bond donors (Lipinski definition) is 2. The van der Waals surface area contributed by atoms with E-state index in [9.17, 15) is 0 Å². The van der Waals surface area contributed by atoms with E-state index in [0.29, 0.717) is 19.3 Å². The van der Waals surface area contributed by atoms with Crippen LogP contribution in [0.2, 0.25) is 0 Å². The molecule has 2 N–H and O–H groups in total. The summed E-state index contributed by atoms with van der Waals surface area (Å²) in [5.74, 6) is 1.75. The summed E-state index contributed by atoms with van der Waals surface area (Å²) >= 11 is 0. The van der Waals surface area contributed by atoms with Gasteiger partial charge in [-0.25, -0.2) is 0 Å². The molecule has 0 radical (unpaired) electrons. The molecule has 0 spiro atoms. The van der Waals surface area contributed by atoms with Crippen molar-refractivity contribution in [3.8, 4) is 5.75 Å². The van der Waals surface area contributed by atoms with E-state index in [2.05, 4.69) is 39.9 Å². The highest BCUT2D eigenvalue weighted by Crippen LogP contribution is 2.35. The summed E-state index contributed by atoms with van der Waals surface area (Å²) in [6.45, 7) is 8.21. The fraction of sp³-hybridized carbons (Fsp3) is 0.708. The second kappa shape index (κ2) is 14.9. The number of aliphatic imine (C=N–C) groups is 1. The Bertz CT molecular complexity index is 660. The van der Waals surface area contributed by atoms with E-state index < -0.39 is 0 Å². The monoisotopic (exact) mass is 561 g/mol. The number of ether oxygens (including phenoxy) is 4. The first-order valence-electron chi connectivity index (χ1n) is 11.7. The zero-order valence-corrected chi connectivity index (χ0v) is 21.9. The summed E-state index contributed by atoms with van der Waals surface area (Å²) in [5, 5.41) is 6.95. The minimum absolute atomic E-state index is 0. The van der Waals surface area contributed by atoms with E-state index in [-0.39, 0.29) is 29.4 Å². The van der Waals surface area contributed by atoms with E-state index in [4.69, 9.17) is 18.9 Å². The van der Waals surface area contributed by atoms with Gasteiger partial charge in [-0.3, -0.25) is 4.99 Å². The van der Waals surface area contributed by atoms with Crippen molar-refractivity contribution < 1.29 is 18.9 Å². The van der Waals surface area contributed by atoms with Gasteiger partial charge in [0, 0.05) is 52.0 Å². The molecular formula is C24H40IN3O4. The first-order valence-corrected chi connectivity index (χ1v) is 11.7. The van der Waals surface area contributed by atoms with Gasteiger partial charge >= 0.3 is 0 Å². The molecule has 1 aromatic carbocycles. The van der Waals surface area contributed by atoms with E-state index in [1.54, 1.807) is 0 Å². The molecule has 32 heavy (non-hydrogen) atoms. The van der Waals surface area contributed by atoms with Crippen LogP contribution in [-0.4, -0.2) is 71.8 Å². The van der Waals surface area contributed by atoms with Crippen molar-refractivity contribution in [3.63, 3.8) is 0 Å². The molecule has 2 aliphatic rings. The third-order valence-corrected chi connectivity index (χ3v) is 6.13. The predicted molar refractivity (Wildman–Crippen MR) is 139 cm³/mol. The largest absolute Gasteiger partial charge is 0.494 e. The van der Waals surface area contributed by atoms with Crippen LogP contribution in [0.1, 0.15) is 44.6 Å². The van der Waals surface area contributed by atoms with Crippen LogP contribution >= 0.6 is 24.0 Å². The summed E-state index contributed by atoms with van der Waals surface area (Å²) in [6, 6.07) is 8.53. The average molecular weight is 562 g/mol. The van der Waals surface area contributed by atoms with Crippen molar-refractivity contribution in [3.05, 3.63) is 29.8 Å². The van der Waals surface area contributed by atoms with Gasteiger partial charge < -0.3 is 29.6 Å². The molecule has 2 fully saturated rings. The Morgan fingerprint density at radius 1 is 1.16 bits per heavy atom. The Balaban J connectivity index is 0.00000363. The third-order valence-electron chi connectivity index (χ3n) is 6.13. The highest BCUT2D eigenvalue weighted by Gasteiger charge is 2.34. The Morgan fingerprint density at radius 2 is 1.94 bits per heavy atom. The minimum atomic E-state index is 0. The van der Waals surface area contributed by atoms with E-state index in [0.717, 1.165) is 83.3 Å². The Hall–Kier alpha value is -1.10. The molecule has 1 atom stereocenters. The van der Waals surface area contributed by atoms with Gasteiger partial charge in [0.2, 0.25) is 0 Å². The number of halogens is 1. The van der Waals surface area contributed by atoms with Crippen LogP contribution in [0.4, 0.5) is 0 Å². The fourth-order valence-corrected chi connectivity index (χ4v) is 4.25. The van der Waals surface area contributed by atoms with Crippen molar-refractivity contribution in [1.29, 1.82) is 0 Å². The Morgan fingerprint density at radius 3 is 2.59 bits per heavy atom. The SMILES string of the molecule is CCOc1ccc(C2(CNC(=NC)NCCCOCC3CCCO3)CCOCC2)cc1.I. The number of hydrogen-bond acceptors (Lipinski definition) is 5. The lowest BCUT2D eigenvalue weighted by Gasteiger charge is -2.38. The van der Waals surface area contributed by atoms with Gasteiger partial charge in [-0.1, -0.05) is 12.1 Å². The molecule has 2 saturated heterocycles. The Kier molecular flexibility index (Phi) is 12.7. The number of nitrogens with zero attached hydrogens (tertiary/aromatic N) is 1. The molecule has 7 nitrogen and oxygen atoms in total. The fourth-order valence-electron chi connectivity index (χ4n) is 4.25. The van der Waals surface area contributed by atoms with Gasteiger partial charge in [-0.2, -0.15) is 0 Å². The smallest absolute Gasteiger partial charge is 0.191 e. The summed E-state index contributed by atoms with van der Waals surface area (Å²) in [7, 11) is 1.82. The molecule has 2 aliphatic heterocycles. The van der Waals surface area contributed by atoms with Gasteiger partial charge in [0.15, 0.2) is 5.96 Å². The number of benzene rings is 1. The molecule has 182 valence electrons. The van der Waals surface area contributed by atoms with Crippen molar-refractivity contribution >= 4 is 29.9 Å². The summed E-state index contributed by atoms with van der Waals surface area (Å²) in [6.07, 6.45) is 5.48. The van der Waals surface area contributed by atoms with Gasteiger partial charge in [0.1, 0.15) is 5.75 Å². The maximum atomic E-state index is 5.74. The third kappa shape index (κ3) is 8.35. The predicted octanol–water partition coefficient (Wildman–Crippen LogP) is 3.50. The van der Waals surface area contributed by atoms with Crippen LogP contribution < -0.4 is 15.4 Å². The first-order chi connectivity index (χ1) is 15.3. The van der Waals surface area contributed by atoms with E-state index >= 15 is 0 Å². The lowest BCUT2D eigenvalue weighted by molar-refractivity contribution is 0.0168. The summed E-state index contributed by atoms with van der Waals surface area (Å²) in [4.78, 5) is 4.40. The van der Waals surface area contributed by atoms with Crippen LogP contribution in [0.3, 0.4) is 0 Å². The topological polar surface area (TPSA) is 73.3 Å². The molecular weight excluding hydrogens is 521 g/mol. The average Bonchev–Trinajstić information content (AvgIpc) is 3.33. The van der Waals surface area contributed by atoms with Crippen molar-refractivity contribution in [2.24, 2.45) is 4.99 Å². The number of guanidine groups is 1. The molecule has 1 aromatic rings. The minimum Gasteiger partial charge on any atom is -0.494 e. The molecule has 0 aromatic heterocycles. The van der Waals surface area contributed by atoms with Gasteiger partial charge in [-0.05, 0) is 56.7 Å². The molecule has 0 saturated carbocycles. The molecule has 0 aliphatic carbocycles. The lowest BCUT2D eigenvalue weighted by atomic mass is 9.74. The summed E-state index contributed by atoms with van der Waals surface area (Å²) in [5.41, 5.74) is 1.36. The maximum Gasteiger partial charge on any atom is 0.191 e. The van der Waals surface area contributed by atoms with Crippen LogP contribution in [0.15, 0.2) is 29.3 Å². The van der Waals surface area contributed by atoms with Crippen LogP contribution in [-0.2, 0) is 19.6 Å². The van der Waals surface area contributed by atoms with Crippen molar-refractivity contribution in [2.45, 2.75) is 50.5 Å². The molecule has 3 rings (SSSR count). The normalized spacial score (nSPS) is 20.4. The first kappa shape index (κ1) is 27.1. The second-order valence-electron chi connectivity index (χ2n) is 8.27. The molecule has 0 bridgehead atoms. The number of nitrogens with one attached hydrogen (secondary N) is 2. The van der Waals surface area contributed by atoms with Crippen LogP contribution in [0.5, 0.6) is 5.75 Å². The maximum absolute atomic E-state index is 5.74. The van der Waals surface area contributed by atoms with Crippen LogP contribution in [0.25, 0.3) is 0 Å². The van der Waals surface area contributed by atoms with Gasteiger partial charge in [-0.15, -0.1) is 24.0 Å². The van der Waals surface area contributed by atoms with Crippen molar-refractivity contribution in [2.75, 3.05) is 59.8 Å². The van der Waals surface area contributed by atoms with Crippen LogP contribution in [0, 0.1) is 0 Å². The standard InChI is InChI=1S/C24H39N3O4.HI/c1-3-30-21-9-7-20(8-10-21)24(11-16-28-17-12-24)19-27-23(25-2)26-13-5-14-29-18-22-6-4-15-31-22;/h7-10,22H,3-6,11-19H2,1-2H3,(H2,25,26,27);1H. The van der Waals surface area contributed by atoms with Gasteiger partial charge in [0.05, 0.1) is 19.3 Å². The molecule has 1 unspecified atom stereocenters. The zero-order valence-electron chi connectivity index (χ0n) is 19.6. The number of rotatable bonds is 11. The highest BCUT2D eigenvalue weighted by molar-refractivity contribution is 14.0. The second-order valence-corrected chi connectivity index (χ2v) is 8.27. The molecule has 0 amide bonds. The quantitative estimate of drug-likeness (QED) is 0.187. The van der Waals surface area contributed by atoms with Crippen molar-refractivity contribution in [1.82, 2.24) is 10.6 Å². The Labute approximate surface area is 210 Å². The van der Waals surface area contributed by atoms with E-state index in [1.807, 2.05) is 14.0 Å². The highest BCUT2D eigenvalue weighted by atomic mass is 127. The molecule has 8 heteroatoms. The van der Waals surface area contributed by atoms with E-state index in [1.165, 1.54) is 5.56 Å². The lowest BCUT2D eigenvalue weighted by Crippen LogP contribution is -2.48. The molecule has 2 heterocycles. The zero-order chi connectivity index (χ0) is 21.8. The summed E-state index contributed by atoms with van der Waals surface area (Å²) < 4.78 is 22.6. The van der Waals surface area contributed by atoms with Gasteiger partial charge in [0.25, 0.3) is 0 Å².